The highest BCUT2D eigenvalue weighted by Gasteiger charge is 2.09. The molecule has 0 aliphatic rings. The lowest BCUT2D eigenvalue weighted by atomic mass is 10.2. The van der Waals surface area contributed by atoms with E-state index in [1.807, 2.05) is 0 Å². The lowest BCUT2D eigenvalue weighted by molar-refractivity contribution is 0.288. The first kappa shape index (κ1) is 13.7. The summed E-state index contributed by atoms with van der Waals surface area (Å²) in [5.74, 6) is -2.16. The van der Waals surface area contributed by atoms with Gasteiger partial charge in [-0.25, -0.2) is 13.2 Å². The van der Waals surface area contributed by atoms with Crippen LogP contribution in [0.4, 0.5) is 18.9 Å². The molecule has 0 radical (unpaired) electrons. The quantitative estimate of drug-likeness (QED) is 0.862. The number of nitrogen functional groups attached to an aromatic ring is 1. The van der Waals surface area contributed by atoms with Gasteiger partial charge in [-0.1, -0.05) is 6.07 Å². The molecule has 0 saturated heterocycles. The smallest absolute Gasteiger partial charge is 0.167 e. The number of hydrogen-bond acceptors (Lipinski definition) is 2. The van der Waals surface area contributed by atoms with Gasteiger partial charge in [0.25, 0.3) is 0 Å². The van der Waals surface area contributed by atoms with Gasteiger partial charge in [0.2, 0.25) is 0 Å². The minimum Gasteiger partial charge on any atom is -0.486 e. The van der Waals surface area contributed by atoms with E-state index in [0.717, 1.165) is 12.1 Å². The lowest BCUT2D eigenvalue weighted by Crippen LogP contribution is -2.00. The van der Waals surface area contributed by atoms with Crippen molar-refractivity contribution >= 4 is 21.6 Å². The predicted molar refractivity (Wildman–Crippen MR) is 69.2 cm³/mol. The van der Waals surface area contributed by atoms with Crippen LogP contribution in [-0.4, -0.2) is 0 Å². The van der Waals surface area contributed by atoms with Crippen LogP contribution in [-0.2, 0) is 6.61 Å². The Bertz CT molecular complexity index is 619. The van der Waals surface area contributed by atoms with Crippen molar-refractivity contribution in [1.82, 2.24) is 0 Å². The Labute approximate surface area is 116 Å². The molecule has 0 heterocycles. The second kappa shape index (κ2) is 5.52. The van der Waals surface area contributed by atoms with Gasteiger partial charge in [-0.3, -0.25) is 0 Å². The van der Waals surface area contributed by atoms with E-state index in [1.54, 1.807) is 0 Å². The first-order chi connectivity index (χ1) is 8.97. The molecule has 6 heteroatoms. The Balaban J connectivity index is 2.14. The molecular weight excluding hydrogens is 323 g/mol. The van der Waals surface area contributed by atoms with E-state index in [9.17, 15) is 13.2 Å². The molecule has 0 spiro atoms. The fraction of sp³-hybridized carbons (Fsp3) is 0.0769. The van der Waals surface area contributed by atoms with E-state index >= 15 is 0 Å². The fourth-order valence-corrected chi connectivity index (χ4v) is 1.87. The van der Waals surface area contributed by atoms with E-state index in [0.29, 0.717) is 5.56 Å². The van der Waals surface area contributed by atoms with Crippen molar-refractivity contribution in [2.24, 2.45) is 0 Å². The second-order valence-corrected chi connectivity index (χ2v) is 4.70. The van der Waals surface area contributed by atoms with Gasteiger partial charge in [-0.15, -0.1) is 0 Å². The van der Waals surface area contributed by atoms with Crippen LogP contribution in [0, 0.1) is 17.5 Å². The molecule has 0 aliphatic heterocycles. The fourth-order valence-electron chi connectivity index (χ4n) is 1.45. The molecular formula is C13H9BrF3NO. The van der Waals surface area contributed by atoms with Crippen molar-refractivity contribution in [3.8, 4) is 5.75 Å². The van der Waals surface area contributed by atoms with Gasteiger partial charge in [0.1, 0.15) is 18.2 Å². The van der Waals surface area contributed by atoms with E-state index in [2.05, 4.69) is 15.9 Å². The molecule has 2 nitrogen and oxygen atoms in total. The number of benzene rings is 2. The number of ether oxygens (including phenoxy) is 1. The topological polar surface area (TPSA) is 35.2 Å². The van der Waals surface area contributed by atoms with E-state index in [4.69, 9.17) is 10.5 Å². The molecule has 0 atom stereocenters. The Morgan fingerprint density at radius 2 is 1.74 bits per heavy atom. The molecule has 0 bridgehead atoms. The summed E-state index contributed by atoms with van der Waals surface area (Å²) in [6.07, 6.45) is 0. The van der Waals surface area contributed by atoms with Gasteiger partial charge >= 0.3 is 0 Å². The van der Waals surface area contributed by atoms with Crippen LogP contribution < -0.4 is 10.5 Å². The molecule has 0 amide bonds. The molecule has 2 aromatic rings. The predicted octanol–water partition coefficient (Wildman–Crippen LogP) is 4.03. The average molecular weight is 332 g/mol. The molecule has 0 fully saturated rings. The van der Waals surface area contributed by atoms with Crippen LogP contribution in [0.25, 0.3) is 0 Å². The lowest BCUT2D eigenvalue weighted by Gasteiger charge is -2.09. The molecule has 0 unspecified atom stereocenters. The molecule has 2 rings (SSSR count). The second-order valence-electron chi connectivity index (χ2n) is 3.84. The maximum absolute atomic E-state index is 13.4. The summed E-state index contributed by atoms with van der Waals surface area (Å²) in [5.41, 5.74) is 5.55. The Kier molecular flexibility index (Phi) is 3.99. The minimum atomic E-state index is -0.753. The SMILES string of the molecule is Nc1cc(F)c(OCc2ccc(F)c(Br)c2)cc1F. The zero-order chi connectivity index (χ0) is 14.0. The largest absolute Gasteiger partial charge is 0.486 e. The molecule has 0 saturated carbocycles. The summed E-state index contributed by atoms with van der Waals surface area (Å²) in [6.45, 7) is -0.0147. The highest BCUT2D eigenvalue weighted by atomic mass is 79.9. The average Bonchev–Trinajstić information content (AvgIpc) is 2.36. The van der Waals surface area contributed by atoms with Crippen LogP contribution in [0.5, 0.6) is 5.75 Å². The number of rotatable bonds is 3. The number of hydrogen-bond donors (Lipinski definition) is 1. The van der Waals surface area contributed by atoms with E-state index < -0.39 is 17.5 Å². The summed E-state index contributed by atoms with van der Waals surface area (Å²) in [4.78, 5) is 0. The molecule has 2 aromatic carbocycles. The van der Waals surface area contributed by atoms with Crippen LogP contribution >= 0.6 is 15.9 Å². The third-order valence-corrected chi connectivity index (χ3v) is 3.04. The number of anilines is 1. The summed E-state index contributed by atoms with van der Waals surface area (Å²) in [5, 5.41) is 0. The van der Waals surface area contributed by atoms with Crippen molar-refractivity contribution in [3.05, 3.63) is 57.8 Å². The minimum absolute atomic E-state index is 0.0147. The Hall–Kier alpha value is -1.69. The van der Waals surface area contributed by atoms with Gasteiger partial charge in [0.05, 0.1) is 10.2 Å². The Morgan fingerprint density at radius 3 is 2.42 bits per heavy atom. The van der Waals surface area contributed by atoms with E-state index in [-0.39, 0.29) is 22.5 Å². The number of nitrogens with two attached hydrogens (primary N) is 1. The standard InChI is InChI=1S/C13H9BrF3NO/c14-8-3-7(1-2-9(8)15)6-19-13-5-10(16)12(18)4-11(13)17/h1-5H,6,18H2. The van der Waals surface area contributed by atoms with Gasteiger partial charge in [0.15, 0.2) is 11.6 Å². The molecule has 0 aliphatic carbocycles. The van der Waals surface area contributed by atoms with Crippen molar-refractivity contribution in [1.29, 1.82) is 0 Å². The highest BCUT2D eigenvalue weighted by Crippen LogP contribution is 2.24. The first-order valence-electron chi connectivity index (χ1n) is 5.28. The normalized spacial score (nSPS) is 10.5. The van der Waals surface area contributed by atoms with Crippen LogP contribution in [0.2, 0.25) is 0 Å². The molecule has 2 N–H and O–H groups in total. The van der Waals surface area contributed by atoms with Crippen molar-refractivity contribution in [3.63, 3.8) is 0 Å². The van der Waals surface area contributed by atoms with Crippen molar-refractivity contribution < 1.29 is 17.9 Å². The third kappa shape index (κ3) is 3.20. The van der Waals surface area contributed by atoms with Gasteiger partial charge in [-0.05, 0) is 33.6 Å². The highest BCUT2D eigenvalue weighted by molar-refractivity contribution is 9.10. The zero-order valence-corrected chi connectivity index (χ0v) is 11.2. The number of halogens is 4. The first-order valence-corrected chi connectivity index (χ1v) is 6.08. The van der Waals surface area contributed by atoms with E-state index in [1.165, 1.54) is 18.2 Å². The van der Waals surface area contributed by atoms with Crippen molar-refractivity contribution in [2.75, 3.05) is 5.73 Å². The van der Waals surface area contributed by atoms with Crippen LogP contribution in [0.15, 0.2) is 34.8 Å². The monoisotopic (exact) mass is 331 g/mol. The summed E-state index contributed by atoms with van der Waals surface area (Å²) < 4.78 is 45.0. The summed E-state index contributed by atoms with van der Waals surface area (Å²) >= 11 is 3.03. The van der Waals surface area contributed by atoms with Gasteiger partial charge < -0.3 is 10.5 Å². The molecule has 19 heavy (non-hydrogen) atoms. The van der Waals surface area contributed by atoms with Crippen LogP contribution in [0.1, 0.15) is 5.56 Å². The van der Waals surface area contributed by atoms with Crippen LogP contribution in [0.3, 0.4) is 0 Å². The van der Waals surface area contributed by atoms with Crippen molar-refractivity contribution in [2.45, 2.75) is 6.61 Å². The third-order valence-electron chi connectivity index (χ3n) is 2.43. The summed E-state index contributed by atoms with van der Waals surface area (Å²) in [7, 11) is 0. The Morgan fingerprint density at radius 1 is 1.00 bits per heavy atom. The zero-order valence-electron chi connectivity index (χ0n) is 9.59. The molecule has 0 aromatic heterocycles. The maximum Gasteiger partial charge on any atom is 0.167 e. The summed E-state index contributed by atoms with van der Waals surface area (Å²) in [6, 6.07) is 5.98. The van der Waals surface area contributed by atoms with Gasteiger partial charge in [0, 0.05) is 12.1 Å². The van der Waals surface area contributed by atoms with Gasteiger partial charge in [-0.2, -0.15) is 0 Å². The molecule has 100 valence electrons. The maximum atomic E-state index is 13.4.